The van der Waals surface area contributed by atoms with Crippen LogP contribution in [0.5, 0.6) is 0 Å². The minimum Gasteiger partial charge on any atom is -0.339 e. The topological polar surface area (TPSA) is 55.9 Å². The molecule has 2 amide bonds. The van der Waals surface area contributed by atoms with E-state index in [1.54, 1.807) is 0 Å². The van der Waals surface area contributed by atoms with E-state index < -0.39 is 0 Å². The van der Waals surface area contributed by atoms with E-state index in [9.17, 15) is 9.59 Å². The fourth-order valence-electron chi connectivity index (χ4n) is 5.61. The number of rotatable bonds is 6. The first kappa shape index (κ1) is 22.3. The van der Waals surface area contributed by atoms with Gasteiger partial charge in [0, 0.05) is 38.4 Å². The smallest absolute Gasteiger partial charge is 0.238 e. The van der Waals surface area contributed by atoms with Crippen molar-refractivity contribution in [2.24, 2.45) is 11.8 Å². The summed E-state index contributed by atoms with van der Waals surface area (Å²) >= 11 is 0. The summed E-state index contributed by atoms with van der Waals surface area (Å²) in [5.41, 5.74) is 2.06. The molecule has 2 heterocycles. The Morgan fingerprint density at radius 1 is 0.903 bits per heavy atom. The fraction of sp³-hybridized carbons (Fsp3) is 0.680. The second kappa shape index (κ2) is 10.6. The Kier molecular flexibility index (Phi) is 7.62. The van der Waals surface area contributed by atoms with Gasteiger partial charge in [-0.15, -0.1) is 0 Å². The number of hydrogen-bond donors (Lipinski definition) is 1. The van der Waals surface area contributed by atoms with Crippen LogP contribution in [-0.2, 0) is 16.0 Å². The number of fused-ring (bicyclic) bond motifs is 1. The number of para-hydroxylation sites is 1. The zero-order valence-corrected chi connectivity index (χ0v) is 19.0. The van der Waals surface area contributed by atoms with E-state index in [0.29, 0.717) is 13.1 Å². The molecule has 2 saturated heterocycles. The number of likely N-dealkylation sites (tertiary alicyclic amines) is 1. The van der Waals surface area contributed by atoms with E-state index in [1.165, 1.54) is 32.1 Å². The molecular weight excluding hydrogens is 388 g/mol. The molecule has 1 aromatic rings. The Labute approximate surface area is 187 Å². The zero-order chi connectivity index (χ0) is 21.6. The van der Waals surface area contributed by atoms with E-state index in [1.807, 2.05) is 23.1 Å². The van der Waals surface area contributed by atoms with Crippen LogP contribution < -0.4 is 5.32 Å². The summed E-state index contributed by atoms with van der Waals surface area (Å²) in [5, 5.41) is 3.05. The Bertz CT molecular complexity index is 760. The molecule has 4 rings (SSSR count). The van der Waals surface area contributed by atoms with Gasteiger partial charge in [0.25, 0.3) is 0 Å². The van der Waals surface area contributed by atoms with Crippen LogP contribution in [0, 0.1) is 11.8 Å². The molecule has 1 aromatic carbocycles. The number of aryl methyl sites for hydroxylation is 1. The van der Waals surface area contributed by atoms with Gasteiger partial charge in [-0.05, 0) is 49.3 Å². The number of piperidine rings is 1. The maximum Gasteiger partial charge on any atom is 0.238 e. The molecule has 31 heavy (non-hydrogen) atoms. The summed E-state index contributed by atoms with van der Waals surface area (Å²) in [7, 11) is 0. The second-order valence-corrected chi connectivity index (χ2v) is 9.54. The molecule has 3 aliphatic rings. The quantitative estimate of drug-likeness (QED) is 0.760. The average molecular weight is 427 g/mol. The van der Waals surface area contributed by atoms with Gasteiger partial charge in [0.2, 0.25) is 11.8 Å². The van der Waals surface area contributed by atoms with Crippen molar-refractivity contribution in [3.8, 4) is 0 Å². The van der Waals surface area contributed by atoms with Gasteiger partial charge in [-0.1, -0.05) is 44.4 Å². The van der Waals surface area contributed by atoms with Crippen molar-refractivity contribution >= 4 is 17.5 Å². The Morgan fingerprint density at radius 3 is 2.42 bits per heavy atom. The van der Waals surface area contributed by atoms with Gasteiger partial charge in [-0.3, -0.25) is 19.4 Å². The molecule has 2 aliphatic heterocycles. The summed E-state index contributed by atoms with van der Waals surface area (Å²) in [6.07, 6.45) is 7.67. The minimum atomic E-state index is 0.0241. The number of carbonyl (C=O) groups excluding carboxylic acids is 2. The second-order valence-electron chi connectivity index (χ2n) is 9.54. The predicted molar refractivity (Wildman–Crippen MR) is 124 cm³/mol. The largest absolute Gasteiger partial charge is 0.339 e. The summed E-state index contributed by atoms with van der Waals surface area (Å²) in [4.78, 5) is 31.9. The lowest BCUT2D eigenvalue weighted by Crippen LogP contribution is -2.53. The van der Waals surface area contributed by atoms with E-state index in [4.69, 9.17) is 0 Å². The van der Waals surface area contributed by atoms with Crippen LogP contribution in [0.2, 0.25) is 0 Å². The Balaban J connectivity index is 1.19. The highest BCUT2D eigenvalue weighted by Crippen LogP contribution is 2.35. The van der Waals surface area contributed by atoms with Crippen molar-refractivity contribution in [1.82, 2.24) is 14.7 Å². The SMILES string of the molecule is CCc1ccccc1NC(=O)CN1CCN(C(=O)CN2CC[C@@H]3CCCC[C@@H]3C2)CC1. The fourth-order valence-corrected chi connectivity index (χ4v) is 5.61. The highest BCUT2D eigenvalue weighted by atomic mass is 16.2. The van der Waals surface area contributed by atoms with Gasteiger partial charge in [0.1, 0.15) is 0 Å². The average Bonchev–Trinajstić information content (AvgIpc) is 2.79. The van der Waals surface area contributed by atoms with E-state index in [2.05, 4.69) is 28.1 Å². The molecule has 0 radical (unpaired) electrons. The third-order valence-electron chi connectivity index (χ3n) is 7.50. The minimum absolute atomic E-state index is 0.0241. The molecule has 1 aliphatic carbocycles. The molecular formula is C25H38N4O2. The first-order chi connectivity index (χ1) is 15.1. The number of benzene rings is 1. The van der Waals surface area contributed by atoms with E-state index in [0.717, 1.165) is 68.8 Å². The summed E-state index contributed by atoms with van der Waals surface area (Å²) < 4.78 is 0. The molecule has 6 nitrogen and oxygen atoms in total. The van der Waals surface area contributed by atoms with Crippen LogP contribution in [-0.4, -0.2) is 78.9 Å². The van der Waals surface area contributed by atoms with Crippen molar-refractivity contribution in [2.45, 2.75) is 45.4 Å². The number of nitrogens with zero attached hydrogens (tertiary/aromatic N) is 3. The maximum atomic E-state index is 12.9. The van der Waals surface area contributed by atoms with Crippen LogP contribution in [0.1, 0.15) is 44.6 Å². The normalized spacial score (nSPS) is 25.1. The van der Waals surface area contributed by atoms with Crippen LogP contribution in [0.15, 0.2) is 24.3 Å². The number of amides is 2. The Morgan fingerprint density at radius 2 is 1.65 bits per heavy atom. The van der Waals surface area contributed by atoms with Gasteiger partial charge in [-0.2, -0.15) is 0 Å². The summed E-state index contributed by atoms with van der Waals surface area (Å²) in [5.74, 6) is 1.99. The number of anilines is 1. The zero-order valence-electron chi connectivity index (χ0n) is 19.0. The number of piperazine rings is 1. The van der Waals surface area contributed by atoms with Crippen LogP contribution >= 0.6 is 0 Å². The summed E-state index contributed by atoms with van der Waals surface area (Å²) in [6.45, 7) is 8.20. The lowest BCUT2D eigenvalue weighted by molar-refractivity contribution is -0.135. The molecule has 0 aromatic heterocycles. The third-order valence-corrected chi connectivity index (χ3v) is 7.50. The maximum absolute atomic E-state index is 12.9. The number of nitrogens with one attached hydrogen (secondary N) is 1. The molecule has 1 N–H and O–H groups in total. The number of carbonyl (C=O) groups is 2. The van der Waals surface area contributed by atoms with Crippen molar-refractivity contribution in [2.75, 3.05) is 57.7 Å². The van der Waals surface area contributed by atoms with Crippen LogP contribution in [0.4, 0.5) is 5.69 Å². The van der Waals surface area contributed by atoms with Gasteiger partial charge in [-0.25, -0.2) is 0 Å². The molecule has 3 fully saturated rings. The lowest BCUT2D eigenvalue weighted by atomic mass is 9.75. The predicted octanol–water partition coefficient (Wildman–Crippen LogP) is 2.84. The highest BCUT2D eigenvalue weighted by molar-refractivity contribution is 5.93. The molecule has 0 spiro atoms. The lowest BCUT2D eigenvalue weighted by Gasteiger charge is -2.42. The first-order valence-corrected chi connectivity index (χ1v) is 12.2. The van der Waals surface area contributed by atoms with Crippen molar-refractivity contribution in [3.05, 3.63) is 29.8 Å². The standard InChI is InChI=1S/C25H38N4O2/c1-2-20-7-5-6-10-23(20)26-24(30)18-27-13-15-29(16-14-27)25(31)19-28-12-11-21-8-3-4-9-22(21)17-28/h5-7,10,21-22H,2-4,8-9,11-19H2,1H3,(H,26,30)/t21-,22+/m0/s1. The molecule has 2 atom stereocenters. The van der Waals surface area contributed by atoms with Gasteiger partial charge in [0.05, 0.1) is 13.1 Å². The summed E-state index contributed by atoms with van der Waals surface area (Å²) in [6, 6.07) is 7.97. The van der Waals surface area contributed by atoms with Crippen LogP contribution in [0.3, 0.4) is 0 Å². The van der Waals surface area contributed by atoms with Crippen molar-refractivity contribution in [1.29, 1.82) is 0 Å². The third kappa shape index (κ3) is 5.86. The highest BCUT2D eigenvalue weighted by Gasteiger charge is 2.32. The van der Waals surface area contributed by atoms with Crippen molar-refractivity contribution in [3.63, 3.8) is 0 Å². The van der Waals surface area contributed by atoms with Crippen LogP contribution in [0.25, 0.3) is 0 Å². The molecule has 6 heteroatoms. The first-order valence-electron chi connectivity index (χ1n) is 12.2. The number of hydrogen-bond acceptors (Lipinski definition) is 4. The van der Waals surface area contributed by atoms with E-state index in [-0.39, 0.29) is 11.8 Å². The van der Waals surface area contributed by atoms with Gasteiger partial charge >= 0.3 is 0 Å². The van der Waals surface area contributed by atoms with Gasteiger partial charge < -0.3 is 10.2 Å². The monoisotopic (exact) mass is 426 g/mol. The molecule has 0 bridgehead atoms. The molecule has 170 valence electrons. The molecule has 1 saturated carbocycles. The molecule has 0 unspecified atom stereocenters. The Hall–Kier alpha value is -1.92. The van der Waals surface area contributed by atoms with Gasteiger partial charge in [0.15, 0.2) is 0 Å². The van der Waals surface area contributed by atoms with E-state index >= 15 is 0 Å². The van der Waals surface area contributed by atoms with Crippen molar-refractivity contribution < 1.29 is 9.59 Å².